The number of anilines is 1. The monoisotopic (exact) mass is 387 g/mol. The first-order valence-electron chi connectivity index (χ1n) is 8.98. The van der Waals surface area contributed by atoms with Crippen LogP contribution in [0.3, 0.4) is 0 Å². The zero-order valence-electron chi connectivity index (χ0n) is 15.7. The largest absolute Gasteiger partial charge is 0.497 e. The lowest BCUT2D eigenvalue weighted by molar-refractivity contribution is 0.0905. The van der Waals surface area contributed by atoms with Crippen molar-refractivity contribution in [2.75, 3.05) is 32.7 Å². The molecule has 2 aromatic rings. The molecule has 0 radical (unpaired) electrons. The van der Waals surface area contributed by atoms with Crippen LogP contribution in [0, 0.1) is 0 Å². The van der Waals surface area contributed by atoms with Crippen LogP contribution >= 0.6 is 12.2 Å². The standard InChI is InChI=1S/C20H25N3O3S/c1-24-16-7-8-18(19(11-16)25-2)22-20(27)23(14-17-6-4-10-26-17)13-15-5-3-9-21-12-15/h3,5,7-9,11-12,17H,4,6,10,13-14H2,1-2H3,(H,22,27). The second-order valence-corrected chi connectivity index (χ2v) is 6.76. The summed E-state index contributed by atoms with van der Waals surface area (Å²) in [7, 11) is 3.26. The lowest BCUT2D eigenvalue weighted by Crippen LogP contribution is -2.39. The fourth-order valence-corrected chi connectivity index (χ4v) is 3.31. The molecule has 1 saturated heterocycles. The molecule has 6 nitrogen and oxygen atoms in total. The summed E-state index contributed by atoms with van der Waals surface area (Å²) in [4.78, 5) is 6.32. The Kier molecular flexibility index (Phi) is 6.84. The van der Waals surface area contributed by atoms with E-state index in [-0.39, 0.29) is 6.10 Å². The van der Waals surface area contributed by atoms with Crippen molar-refractivity contribution in [1.29, 1.82) is 0 Å². The lowest BCUT2D eigenvalue weighted by Gasteiger charge is -2.28. The van der Waals surface area contributed by atoms with Crippen molar-refractivity contribution in [1.82, 2.24) is 9.88 Å². The third-order valence-corrected chi connectivity index (χ3v) is 4.84. The normalized spacial score (nSPS) is 16.0. The fourth-order valence-electron chi connectivity index (χ4n) is 3.06. The number of hydrogen-bond acceptors (Lipinski definition) is 5. The topological polar surface area (TPSA) is 55.9 Å². The minimum Gasteiger partial charge on any atom is -0.497 e. The Hall–Kier alpha value is -2.38. The van der Waals surface area contributed by atoms with E-state index in [0.29, 0.717) is 17.4 Å². The highest BCUT2D eigenvalue weighted by atomic mass is 32.1. The summed E-state index contributed by atoms with van der Waals surface area (Å²) in [6, 6.07) is 9.59. The smallest absolute Gasteiger partial charge is 0.173 e. The molecule has 3 rings (SSSR count). The van der Waals surface area contributed by atoms with Crippen LogP contribution in [0.15, 0.2) is 42.7 Å². The molecule has 1 aliphatic rings. The van der Waals surface area contributed by atoms with Gasteiger partial charge in [0.05, 0.1) is 26.0 Å². The van der Waals surface area contributed by atoms with Crippen LogP contribution in [-0.2, 0) is 11.3 Å². The van der Waals surface area contributed by atoms with Gasteiger partial charge < -0.3 is 24.4 Å². The number of methoxy groups -OCH3 is 2. The zero-order chi connectivity index (χ0) is 19.1. The van der Waals surface area contributed by atoms with E-state index in [1.807, 2.05) is 36.5 Å². The summed E-state index contributed by atoms with van der Waals surface area (Å²) >= 11 is 5.71. The third-order valence-electron chi connectivity index (χ3n) is 4.48. The van der Waals surface area contributed by atoms with Gasteiger partial charge in [0, 0.05) is 38.2 Å². The highest BCUT2D eigenvalue weighted by molar-refractivity contribution is 7.80. The van der Waals surface area contributed by atoms with E-state index in [9.17, 15) is 0 Å². The number of benzene rings is 1. The first kappa shape index (κ1) is 19.4. The van der Waals surface area contributed by atoms with Crippen LogP contribution < -0.4 is 14.8 Å². The Balaban J connectivity index is 1.75. The lowest BCUT2D eigenvalue weighted by atomic mass is 10.2. The van der Waals surface area contributed by atoms with Gasteiger partial charge in [0.2, 0.25) is 0 Å². The summed E-state index contributed by atoms with van der Waals surface area (Å²) in [6.45, 7) is 2.22. The number of rotatable bonds is 7. The second kappa shape index (κ2) is 9.53. The van der Waals surface area contributed by atoms with Crippen LogP contribution in [0.25, 0.3) is 0 Å². The highest BCUT2D eigenvalue weighted by Crippen LogP contribution is 2.29. The van der Waals surface area contributed by atoms with Gasteiger partial charge in [-0.25, -0.2) is 0 Å². The van der Waals surface area contributed by atoms with Crippen LogP contribution in [0.5, 0.6) is 11.5 Å². The summed E-state index contributed by atoms with van der Waals surface area (Å²) in [5.41, 5.74) is 1.90. The van der Waals surface area contributed by atoms with Gasteiger partial charge in [0.15, 0.2) is 5.11 Å². The molecule has 27 heavy (non-hydrogen) atoms. The van der Waals surface area contributed by atoms with E-state index in [4.69, 9.17) is 26.4 Å². The molecule has 1 aromatic heterocycles. The van der Waals surface area contributed by atoms with E-state index in [1.54, 1.807) is 20.4 Å². The van der Waals surface area contributed by atoms with Crippen LogP contribution in [0.2, 0.25) is 0 Å². The molecule has 0 bridgehead atoms. The van der Waals surface area contributed by atoms with Gasteiger partial charge in [-0.15, -0.1) is 0 Å². The number of aromatic nitrogens is 1. The van der Waals surface area contributed by atoms with E-state index >= 15 is 0 Å². The molecule has 2 heterocycles. The predicted molar refractivity (Wildman–Crippen MR) is 109 cm³/mol. The molecule has 7 heteroatoms. The molecule has 1 atom stereocenters. The Morgan fingerprint density at radius 2 is 2.22 bits per heavy atom. The number of nitrogens with zero attached hydrogens (tertiary/aromatic N) is 2. The van der Waals surface area contributed by atoms with Gasteiger partial charge in [0.25, 0.3) is 0 Å². The maximum atomic E-state index is 5.81. The predicted octanol–water partition coefficient (Wildman–Crippen LogP) is 3.48. The van der Waals surface area contributed by atoms with Gasteiger partial charge in [-0.3, -0.25) is 4.98 Å². The average Bonchev–Trinajstić information content (AvgIpc) is 3.21. The average molecular weight is 388 g/mol. The van der Waals surface area contributed by atoms with E-state index in [2.05, 4.69) is 15.2 Å². The quantitative estimate of drug-likeness (QED) is 0.730. The molecule has 0 spiro atoms. The molecule has 1 aliphatic heterocycles. The maximum Gasteiger partial charge on any atom is 0.173 e. The molecular formula is C20H25N3O3S. The number of hydrogen-bond donors (Lipinski definition) is 1. The van der Waals surface area contributed by atoms with Crippen molar-refractivity contribution in [3.05, 3.63) is 48.3 Å². The maximum absolute atomic E-state index is 5.81. The van der Waals surface area contributed by atoms with Crippen molar-refractivity contribution in [3.63, 3.8) is 0 Å². The van der Waals surface area contributed by atoms with Crippen molar-refractivity contribution in [2.24, 2.45) is 0 Å². The Morgan fingerprint density at radius 3 is 2.89 bits per heavy atom. The number of nitrogens with one attached hydrogen (secondary N) is 1. The van der Waals surface area contributed by atoms with Crippen LogP contribution in [-0.4, -0.2) is 48.5 Å². The van der Waals surface area contributed by atoms with E-state index in [1.165, 1.54) is 0 Å². The van der Waals surface area contributed by atoms with Crippen molar-refractivity contribution >= 4 is 23.0 Å². The summed E-state index contributed by atoms with van der Waals surface area (Å²) in [5, 5.41) is 3.93. The molecular weight excluding hydrogens is 362 g/mol. The number of ether oxygens (including phenoxy) is 3. The zero-order valence-corrected chi connectivity index (χ0v) is 16.5. The fraction of sp³-hybridized carbons (Fsp3) is 0.400. The minimum absolute atomic E-state index is 0.194. The van der Waals surface area contributed by atoms with Crippen molar-refractivity contribution in [2.45, 2.75) is 25.5 Å². The van der Waals surface area contributed by atoms with Gasteiger partial charge >= 0.3 is 0 Å². The number of thiocarbonyl (C=S) groups is 1. The Labute approximate surface area is 165 Å². The second-order valence-electron chi connectivity index (χ2n) is 6.37. The van der Waals surface area contributed by atoms with Gasteiger partial charge in [0.1, 0.15) is 11.5 Å². The Bertz CT molecular complexity index is 751. The molecule has 1 aromatic carbocycles. The number of pyridine rings is 1. The van der Waals surface area contributed by atoms with Gasteiger partial charge in [-0.1, -0.05) is 6.07 Å². The first-order valence-corrected chi connectivity index (χ1v) is 9.39. The minimum atomic E-state index is 0.194. The van der Waals surface area contributed by atoms with E-state index in [0.717, 1.165) is 43.0 Å². The molecule has 144 valence electrons. The van der Waals surface area contributed by atoms with Crippen molar-refractivity contribution < 1.29 is 14.2 Å². The van der Waals surface area contributed by atoms with Gasteiger partial charge in [-0.2, -0.15) is 0 Å². The first-order chi connectivity index (χ1) is 13.2. The van der Waals surface area contributed by atoms with Crippen LogP contribution in [0.4, 0.5) is 5.69 Å². The summed E-state index contributed by atoms with van der Waals surface area (Å²) in [6.07, 6.45) is 5.97. The van der Waals surface area contributed by atoms with Gasteiger partial charge in [-0.05, 0) is 48.8 Å². The highest BCUT2D eigenvalue weighted by Gasteiger charge is 2.22. The SMILES string of the molecule is COc1ccc(NC(=S)N(Cc2cccnc2)CC2CCCO2)c(OC)c1. The third kappa shape index (κ3) is 5.30. The molecule has 1 fully saturated rings. The molecule has 1 unspecified atom stereocenters. The molecule has 1 N–H and O–H groups in total. The molecule has 0 saturated carbocycles. The molecule has 0 amide bonds. The summed E-state index contributed by atoms with van der Waals surface area (Å²) in [5.74, 6) is 1.41. The molecule has 0 aliphatic carbocycles. The van der Waals surface area contributed by atoms with Crippen molar-refractivity contribution in [3.8, 4) is 11.5 Å². The Morgan fingerprint density at radius 1 is 1.33 bits per heavy atom. The van der Waals surface area contributed by atoms with Crippen LogP contribution in [0.1, 0.15) is 18.4 Å². The van der Waals surface area contributed by atoms with E-state index < -0.39 is 0 Å². The summed E-state index contributed by atoms with van der Waals surface area (Å²) < 4.78 is 16.5.